The Morgan fingerprint density at radius 1 is 0.957 bits per heavy atom. The van der Waals surface area contributed by atoms with Crippen LogP contribution in [0.2, 0.25) is 0 Å². The molecule has 5 heteroatoms. The van der Waals surface area contributed by atoms with E-state index < -0.39 is 23.1 Å². The van der Waals surface area contributed by atoms with Gasteiger partial charge in [-0.25, -0.2) is 0 Å². The summed E-state index contributed by atoms with van der Waals surface area (Å²) >= 11 is 9.43. The molecule has 0 spiro atoms. The Bertz CT molecular complexity index is 647. The molecule has 2 aromatic carbocycles. The van der Waals surface area contributed by atoms with E-state index in [9.17, 15) is 9.59 Å². The fourth-order valence-electron chi connectivity index (χ4n) is 2.13. The van der Waals surface area contributed by atoms with Gasteiger partial charge in [-0.15, -0.1) is 12.6 Å². The summed E-state index contributed by atoms with van der Waals surface area (Å²) in [5.41, 5.74) is 1.58. The topological polar surface area (TPSA) is 43.4 Å². The number of hydrogen-bond acceptors (Lipinski definition) is 3. The number of thiol groups is 1. The van der Waals surface area contributed by atoms with Crippen LogP contribution in [0.3, 0.4) is 0 Å². The van der Waals surface area contributed by atoms with E-state index in [-0.39, 0.29) is 5.03 Å². The van der Waals surface area contributed by atoms with Gasteiger partial charge in [0.1, 0.15) is 0 Å². The summed E-state index contributed by atoms with van der Waals surface area (Å²) in [6, 6.07) is 18.5. The number of hydrogen-bond donors (Lipinski definition) is 1. The third kappa shape index (κ3) is 4.47. The second-order valence-corrected chi connectivity index (χ2v) is 5.78. The van der Waals surface area contributed by atoms with Gasteiger partial charge < -0.3 is 4.74 Å². The number of rotatable bonds is 6. The van der Waals surface area contributed by atoms with E-state index in [2.05, 4.69) is 19.2 Å². The standard InChI is InChI=1S/C18H15ClO3S/c1-12(19)15(18(21)23)17(20)22-16(13-8-4-2-5-9-13)14-10-6-3-7-11-14/h2-11,15-16H,1H2,(H,21,23). The fourth-order valence-corrected chi connectivity index (χ4v) is 2.66. The minimum atomic E-state index is -1.30. The molecule has 0 radical (unpaired) electrons. The number of carbonyl (C=O) groups is 2. The summed E-state index contributed by atoms with van der Waals surface area (Å²) in [6.45, 7) is 3.45. The second kappa shape index (κ2) is 7.99. The SMILES string of the molecule is C=C(Cl)C(C(=O)S)C(=O)OC(c1ccccc1)c1ccccc1. The maximum Gasteiger partial charge on any atom is 0.323 e. The van der Waals surface area contributed by atoms with Gasteiger partial charge in [-0.3, -0.25) is 9.59 Å². The summed E-state index contributed by atoms with van der Waals surface area (Å²) in [4.78, 5) is 23.8. The highest BCUT2D eigenvalue weighted by atomic mass is 35.5. The van der Waals surface area contributed by atoms with Gasteiger partial charge in [-0.05, 0) is 11.1 Å². The van der Waals surface area contributed by atoms with Crippen LogP contribution in [0.25, 0.3) is 0 Å². The molecule has 1 unspecified atom stereocenters. The Labute approximate surface area is 145 Å². The first-order chi connectivity index (χ1) is 11.0. The summed E-state index contributed by atoms with van der Waals surface area (Å²) in [6.07, 6.45) is -0.643. The molecule has 0 fully saturated rings. The van der Waals surface area contributed by atoms with Gasteiger partial charge in [-0.1, -0.05) is 78.8 Å². The van der Waals surface area contributed by atoms with Gasteiger partial charge in [0.15, 0.2) is 12.0 Å². The lowest BCUT2D eigenvalue weighted by Crippen LogP contribution is -2.25. The highest BCUT2D eigenvalue weighted by Crippen LogP contribution is 2.29. The van der Waals surface area contributed by atoms with Crippen LogP contribution >= 0.6 is 24.2 Å². The molecule has 0 bridgehead atoms. The van der Waals surface area contributed by atoms with Crippen LogP contribution in [0.15, 0.2) is 72.3 Å². The van der Waals surface area contributed by atoms with Gasteiger partial charge >= 0.3 is 5.97 Å². The minimum Gasteiger partial charge on any atom is -0.452 e. The summed E-state index contributed by atoms with van der Waals surface area (Å²) in [5.74, 6) is -2.07. The summed E-state index contributed by atoms with van der Waals surface area (Å²) in [5, 5.41) is -0.815. The van der Waals surface area contributed by atoms with E-state index in [4.69, 9.17) is 16.3 Å². The molecule has 0 saturated heterocycles. The average molecular weight is 347 g/mol. The zero-order valence-electron chi connectivity index (χ0n) is 12.2. The molecular weight excluding hydrogens is 332 g/mol. The van der Waals surface area contributed by atoms with Crippen LogP contribution in [-0.4, -0.2) is 11.1 Å². The van der Waals surface area contributed by atoms with Crippen molar-refractivity contribution in [2.24, 2.45) is 5.92 Å². The Hall–Kier alpha value is -2.04. The van der Waals surface area contributed by atoms with E-state index >= 15 is 0 Å². The predicted octanol–water partition coefficient (Wildman–Crippen LogP) is 4.14. The molecule has 0 saturated carbocycles. The molecule has 2 aromatic rings. The molecule has 0 N–H and O–H groups in total. The molecule has 2 rings (SSSR count). The van der Waals surface area contributed by atoms with Crippen molar-refractivity contribution in [2.75, 3.05) is 0 Å². The minimum absolute atomic E-state index is 0.116. The lowest BCUT2D eigenvalue weighted by molar-refractivity contribution is -0.152. The maximum atomic E-state index is 12.3. The fraction of sp³-hybridized carbons (Fsp3) is 0.111. The number of carbonyl (C=O) groups excluding carboxylic acids is 2. The van der Waals surface area contributed by atoms with Crippen molar-refractivity contribution < 1.29 is 14.3 Å². The van der Waals surface area contributed by atoms with Crippen molar-refractivity contribution in [3.05, 3.63) is 83.4 Å². The molecule has 118 valence electrons. The quantitative estimate of drug-likeness (QED) is 0.485. The first kappa shape index (κ1) is 17.3. The van der Waals surface area contributed by atoms with Crippen molar-refractivity contribution in [3.63, 3.8) is 0 Å². The monoisotopic (exact) mass is 346 g/mol. The van der Waals surface area contributed by atoms with Gasteiger partial charge in [0.2, 0.25) is 5.12 Å². The van der Waals surface area contributed by atoms with Gasteiger partial charge in [0.05, 0.1) is 0 Å². The smallest absolute Gasteiger partial charge is 0.323 e. The molecule has 1 atom stereocenters. The Balaban J connectivity index is 2.34. The zero-order valence-corrected chi connectivity index (χ0v) is 13.8. The summed E-state index contributed by atoms with van der Waals surface area (Å²) < 4.78 is 5.55. The second-order valence-electron chi connectivity index (χ2n) is 4.86. The van der Waals surface area contributed by atoms with Crippen LogP contribution in [0.1, 0.15) is 17.2 Å². The molecule has 0 heterocycles. The number of halogens is 1. The summed E-state index contributed by atoms with van der Waals surface area (Å²) in [7, 11) is 0. The first-order valence-electron chi connectivity index (χ1n) is 6.88. The van der Waals surface area contributed by atoms with Crippen LogP contribution in [0, 0.1) is 5.92 Å². The van der Waals surface area contributed by atoms with Crippen molar-refractivity contribution in [2.45, 2.75) is 6.10 Å². The highest BCUT2D eigenvalue weighted by Gasteiger charge is 2.31. The number of ether oxygens (including phenoxy) is 1. The van der Waals surface area contributed by atoms with Gasteiger partial charge in [0, 0.05) is 5.03 Å². The van der Waals surface area contributed by atoms with Gasteiger partial charge in [0.25, 0.3) is 0 Å². The van der Waals surface area contributed by atoms with Gasteiger partial charge in [-0.2, -0.15) is 0 Å². The molecule has 0 aromatic heterocycles. The number of benzene rings is 2. The molecule has 0 aliphatic rings. The van der Waals surface area contributed by atoms with E-state index in [1.54, 1.807) is 0 Å². The van der Waals surface area contributed by atoms with Crippen molar-refractivity contribution >= 4 is 35.3 Å². The highest BCUT2D eigenvalue weighted by molar-refractivity contribution is 7.96. The van der Waals surface area contributed by atoms with E-state index in [0.717, 1.165) is 11.1 Å². The van der Waals surface area contributed by atoms with Crippen LogP contribution in [0.4, 0.5) is 0 Å². The van der Waals surface area contributed by atoms with E-state index in [1.165, 1.54) is 0 Å². The van der Waals surface area contributed by atoms with Crippen molar-refractivity contribution in [1.29, 1.82) is 0 Å². The molecule has 3 nitrogen and oxygen atoms in total. The first-order valence-corrected chi connectivity index (χ1v) is 7.70. The maximum absolute atomic E-state index is 12.3. The predicted molar refractivity (Wildman–Crippen MR) is 93.3 cm³/mol. The third-order valence-electron chi connectivity index (χ3n) is 3.23. The largest absolute Gasteiger partial charge is 0.452 e. The normalized spacial score (nSPS) is 11.8. The Morgan fingerprint density at radius 2 is 1.39 bits per heavy atom. The molecular formula is C18H15ClO3S. The zero-order chi connectivity index (χ0) is 16.8. The van der Waals surface area contributed by atoms with Crippen LogP contribution in [0.5, 0.6) is 0 Å². The van der Waals surface area contributed by atoms with Crippen LogP contribution < -0.4 is 0 Å². The van der Waals surface area contributed by atoms with Crippen LogP contribution in [-0.2, 0) is 14.3 Å². The molecule has 0 amide bonds. The molecule has 0 aliphatic carbocycles. The molecule has 23 heavy (non-hydrogen) atoms. The molecule has 0 aliphatic heterocycles. The van der Waals surface area contributed by atoms with E-state index in [1.807, 2.05) is 60.7 Å². The lowest BCUT2D eigenvalue weighted by Gasteiger charge is -2.21. The van der Waals surface area contributed by atoms with Crippen molar-refractivity contribution in [1.82, 2.24) is 0 Å². The number of esters is 1. The third-order valence-corrected chi connectivity index (χ3v) is 3.71. The van der Waals surface area contributed by atoms with E-state index in [0.29, 0.717) is 0 Å². The Morgan fingerprint density at radius 3 is 1.74 bits per heavy atom. The average Bonchev–Trinajstić information content (AvgIpc) is 2.53. The Kier molecular flexibility index (Phi) is 6.02. The lowest BCUT2D eigenvalue weighted by atomic mass is 10.0. The van der Waals surface area contributed by atoms with Crippen molar-refractivity contribution in [3.8, 4) is 0 Å².